The zero-order chi connectivity index (χ0) is 24.1. The zero-order valence-corrected chi connectivity index (χ0v) is 20.5. The van der Waals surface area contributed by atoms with E-state index in [0.717, 1.165) is 46.1 Å². The van der Waals surface area contributed by atoms with Crippen LogP contribution in [0.15, 0.2) is 67.0 Å². The highest BCUT2D eigenvalue weighted by Gasteiger charge is 2.27. The van der Waals surface area contributed by atoms with Crippen LogP contribution in [-0.4, -0.2) is 9.97 Å². The van der Waals surface area contributed by atoms with Gasteiger partial charge in [-0.15, -0.1) is 0 Å². The fraction of sp³-hybridized carbons (Fsp3) is 0.333. The van der Waals surface area contributed by atoms with E-state index in [0.29, 0.717) is 5.92 Å². The number of aryl methyl sites for hydroxylation is 1. The Morgan fingerprint density at radius 1 is 1.00 bits per heavy atom. The molecule has 4 heteroatoms. The van der Waals surface area contributed by atoms with Crippen molar-refractivity contribution in [1.82, 2.24) is 9.97 Å². The Balaban J connectivity index is 0.00000133. The van der Waals surface area contributed by atoms with Crippen LogP contribution < -0.4 is 4.90 Å². The number of aromatic nitrogens is 2. The molecule has 0 saturated heterocycles. The lowest BCUT2D eigenvalue weighted by Crippen LogP contribution is -2.23. The molecule has 1 aliphatic heterocycles. The number of allylic oxidation sites excluding steroid dienone is 1. The Kier molecular flexibility index (Phi) is 7.56. The fourth-order valence-electron chi connectivity index (χ4n) is 4.91. The number of benzene rings is 2. The van der Waals surface area contributed by atoms with E-state index < -0.39 is 0 Å². The Labute approximate surface area is 203 Å². The van der Waals surface area contributed by atoms with Gasteiger partial charge in [0.25, 0.3) is 0 Å². The van der Waals surface area contributed by atoms with Crippen LogP contribution >= 0.6 is 0 Å². The second kappa shape index (κ2) is 10.8. The second-order valence-electron chi connectivity index (χ2n) is 8.90. The molecule has 0 amide bonds. The number of nitrogens with zero attached hydrogens (tertiary/aromatic N) is 3. The SMILES string of the molecule is C=C1C(c2ccccc2C)=Cc2cnc(CC3CCCCC3)nc2N1c1ccc(F)cc1.CC. The molecule has 2 aromatic carbocycles. The van der Waals surface area contributed by atoms with Crippen molar-refractivity contribution >= 4 is 23.2 Å². The summed E-state index contributed by atoms with van der Waals surface area (Å²) in [6.07, 6.45) is 11.4. The van der Waals surface area contributed by atoms with Gasteiger partial charge in [-0.25, -0.2) is 14.4 Å². The number of hydrogen-bond donors (Lipinski definition) is 0. The fourth-order valence-corrected chi connectivity index (χ4v) is 4.91. The van der Waals surface area contributed by atoms with E-state index in [1.165, 1.54) is 49.8 Å². The van der Waals surface area contributed by atoms with Gasteiger partial charge in [-0.1, -0.05) is 76.8 Å². The van der Waals surface area contributed by atoms with Crippen LogP contribution in [0, 0.1) is 18.7 Å². The van der Waals surface area contributed by atoms with Gasteiger partial charge < -0.3 is 0 Å². The van der Waals surface area contributed by atoms with Crippen LogP contribution in [0.5, 0.6) is 0 Å². The Hall–Kier alpha value is -3.27. The van der Waals surface area contributed by atoms with Gasteiger partial charge in [-0.2, -0.15) is 0 Å². The molecule has 3 nitrogen and oxygen atoms in total. The van der Waals surface area contributed by atoms with E-state index in [-0.39, 0.29) is 5.82 Å². The number of fused-ring (bicyclic) bond motifs is 1. The molecule has 5 rings (SSSR count). The van der Waals surface area contributed by atoms with Crippen LogP contribution in [-0.2, 0) is 6.42 Å². The first-order valence-electron chi connectivity index (χ1n) is 12.5. The molecule has 0 atom stereocenters. The van der Waals surface area contributed by atoms with Gasteiger partial charge in [-0.3, -0.25) is 4.90 Å². The van der Waals surface area contributed by atoms with E-state index in [4.69, 9.17) is 9.97 Å². The first kappa shape index (κ1) is 23.9. The molecule has 34 heavy (non-hydrogen) atoms. The predicted molar refractivity (Wildman–Crippen MR) is 140 cm³/mol. The molecule has 0 N–H and O–H groups in total. The van der Waals surface area contributed by atoms with Gasteiger partial charge in [-0.05, 0) is 54.3 Å². The molecule has 1 aromatic heterocycles. The summed E-state index contributed by atoms with van der Waals surface area (Å²) in [7, 11) is 0. The van der Waals surface area contributed by atoms with Crippen LogP contribution in [0.25, 0.3) is 11.6 Å². The summed E-state index contributed by atoms with van der Waals surface area (Å²) in [5, 5.41) is 0. The average molecular weight is 456 g/mol. The highest BCUT2D eigenvalue weighted by atomic mass is 19.1. The first-order valence-corrected chi connectivity index (χ1v) is 12.5. The lowest BCUT2D eigenvalue weighted by atomic mass is 9.87. The van der Waals surface area contributed by atoms with Crippen molar-refractivity contribution in [3.63, 3.8) is 0 Å². The molecule has 3 aromatic rings. The highest BCUT2D eigenvalue weighted by Crippen LogP contribution is 2.42. The molecule has 0 bridgehead atoms. The van der Waals surface area contributed by atoms with Crippen molar-refractivity contribution in [2.45, 2.75) is 59.3 Å². The molecule has 1 aliphatic carbocycles. The molecular weight excluding hydrogens is 421 g/mol. The summed E-state index contributed by atoms with van der Waals surface area (Å²) in [6, 6.07) is 14.8. The molecule has 1 fully saturated rings. The summed E-state index contributed by atoms with van der Waals surface area (Å²) < 4.78 is 13.7. The largest absolute Gasteiger partial charge is 0.294 e. The zero-order valence-electron chi connectivity index (χ0n) is 20.5. The molecule has 0 spiro atoms. The van der Waals surface area contributed by atoms with Gasteiger partial charge in [0.2, 0.25) is 0 Å². The van der Waals surface area contributed by atoms with Gasteiger partial charge in [0.1, 0.15) is 17.5 Å². The van der Waals surface area contributed by atoms with Crippen LogP contribution in [0.4, 0.5) is 15.9 Å². The monoisotopic (exact) mass is 455 g/mol. The third-order valence-electron chi connectivity index (χ3n) is 6.65. The summed E-state index contributed by atoms with van der Waals surface area (Å²) >= 11 is 0. The van der Waals surface area contributed by atoms with E-state index in [1.807, 2.05) is 37.1 Å². The Morgan fingerprint density at radius 3 is 2.41 bits per heavy atom. The number of halogens is 1. The smallest absolute Gasteiger partial charge is 0.148 e. The standard InChI is InChI=1S/C28H28FN3.C2H6/c1-19-8-6-7-11-25(19)26-17-22-18-30-27(16-21-9-4-3-5-10-21)31-28(22)32(20(26)2)24-14-12-23(29)13-15-24;1-2/h6-8,11-15,17-18,21H,2-5,9-10,16H2,1H3;1-2H3. The molecule has 0 radical (unpaired) electrons. The maximum Gasteiger partial charge on any atom is 0.148 e. The highest BCUT2D eigenvalue weighted by molar-refractivity contribution is 6.01. The topological polar surface area (TPSA) is 29.0 Å². The van der Waals surface area contributed by atoms with Crippen molar-refractivity contribution in [2.75, 3.05) is 4.90 Å². The molecule has 176 valence electrons. The minimum Gasteiger partial charge on any atom is -0.294 e. The number of hydrogen-bond acceptors (Lipinski definition) is 3. The maximum absolute atomic E-state index is 13.7. The Morgan fingerprint density at radius 2 is 1.71 bits per heavy atom. The minimum atomic E-state index is -0.257. The molecule has 2 aliphatic rings. The van der Waals surface area contributed by atoms with Crippen molar-refractivity contribution in [1.29, 1.82) is 0 Å². The van der Waals surface area contributed by atoms with E-state index in [9.17, 15) is 4.39 Å². The lowest BCUT2D eigenvalue weighted by Gasteiger charge is -2.33. The molecule has 0 unspecified atom stereocenters. The van der Waals surface area contributed by atoms with Crippen molar-refractivity contribution in [2.24, 2.45) is 5.92 Å². The van der Waals surface area contributed by atoms with Crippen LogP contribution in [0.3, 0.4) is 0 Å². The Bertz CT molecular complexity index is 1170. The van der Waals surface area contributed by atoms with Crippen LogP contribution in [0.2, 0.25) is 0 Å². The van der Waals surface area contributed by atoms with Gasteiger partial charge in [0, 0.05) is 35.1 Å². The quantitative estimate of drug-likeness (QED) is 0.396. The first-order chi connectivity index (χ1) is 16.6. The third kappa shape index (κ3) is 4.96. The van der Waals surface area contributed by atoms with Gasteiger partial charge in [0.05, 0.1) is 0 Å². The maximum atomic E-state index is 13.7. The van der Waals surface area contributed by atoms with Gasteiger partial charge >= 0.3 is 0 Å². The number of rotatable bonds is 4. The normalized spacial score (nSPS) is 15.8. The number of anilines is 2. The third-order valence-corrected chi connectivity index (χ3v) is 6.65. The van der Waals surface area contributed by atoms with Crippen molar-refractivity contribution < 1.29 is 4.39 Å². The van der Waals surface area contributed by atoms with Gasteiger partial charge in [0.15, 0.2) is 0 Å². The lowest BCUT2D eigenvalue weighted by molar-refractivity contribution is 0.351. The molecular formula is C30H34FN3. The predicted octanol–water partition coefficient (Wildman–Crippen LogP) is 8.28. The minimum absolute atomic E-state index is 0.257. The second-order valence-corrected chi connectivity index (χ2v) is 8.90. The summed E-state index contributed by atoms with van der Waals surface area (Å²) in [5.41, 5.74) is 5.97. The van der Waals surface area contributed by atoms with Crippen LogP contribution in [0.1, 0.15) is 68.5 Å². The van der Waals surface area contributed by atoms with Crippen molar-refractivity contribution in [3.05, 3.63) is 95.3 Å². The summed E-state index contributed by atoms with van der Waals surface area (Å²) in [5.74, 6) is 2.10. The van der Waals surface area contributed by atoms with E-state index in [2.05, 4.69) is 31.7 Å². The molecule has 2 heterocycles. The van der Waals surface area contributed by atoms with E-state index in [1.54, 1.807) is 12.1 Å². The van der Waals surface area contributed by atoms with E-state index >= 15 is 0 Å². The average Bonchev–Trinajstić information content (AvgIpc) is 2.87. The summed E-state index contributed by atoms with van der Waals surface area (Å²) in [4.78, 5) is 11.8. The van der Waals surface area contributed by atoms with Crippen molar-refractivity contribution in [3.8, 4) is 0 Å². The molecule has 1 saturated carbocycles. The summed E-state index contributed by atoms with van der Waals surface area (Å²) in [6.45, 7) is 10.5.